The Morgan fingerprint density at radius 2 is 1.89 bits per heavy atom. The van der Waals surface area contributed by atoms with Crippen LogP contribution in [0.1, 0.15) is 24.8 Å². The summed E-state index contributed by atoms with van der Waals surface area (Å²) in [6.07, 6.45) is 4.02. The average Bonchev–Trinajstić information content (AvgIpc) is 2.99. The lowest BCUT2D eigenvalue weighted by Gasteiger charge is -2.20. The number of aliphatic hydroxyl groups excluding tert-OH is 1. The maximum Gasteiger partial charge on any atom is 0.304 e. The first-order valence-electron chi connectivity index (χ1n) is 9.32. The Hall–Kier alpha value is -2.36. The van der Waals surface area contributed by atoms with Gasteiger partial charge in [-0.25, -0.2) is 4.98 Å². The molecule has 0 amide bonds. The Kier molecular flexibility index (Phi) is 6.71. The van der Waals surface area contributed by atoms with Gasteiger partial charge in [0.1, 0.15) is 11.6 Å². The monoisotopic (exact) mass is 406 g/mol. The number of hydrogen-bond acceptors (Lipinski definition) is 6. The van der Waals surface area contributed by atoms with Gasteiger partial charge in [0.25, 0.3) is 0 Å². The first-order chi connectivity index (χ1) is 13.5. The maximum atomic E-state index is 12.7. The van der Waals surface area contributed by atoms with Gasteiger partial charge >= 0.3 is 10.2 Å². The van der Waals surface area contributed by atoms with Crippen molar-refractivity contribution in [2.45, 2.75) is 25.9 Å². The molecule has 0 bridgehead atoms. The molecule has 1 fully saturated rings. The molecule has 1 aromatic carbocycles. The van der Waals surface area contributed by atoms with Crippen molar-refractivity contribution in [2.75, 3.05) is 36.3 Å². The highest BCUT2D eigenvalue weighted by atomic mass is 32.2. The Bertz CT molecular complexity index is 874. The van der Waals surface area contributed by atoms with Crippen LogP contribution in [-0.2, 0) is 16.8 Å². The van der Waals surface area contributed by atoms with Crippen LogP contribution in [0.5, 0.6) is 5.75 Å². The highest BCUT2D eigenvalue weighted by Gasteiger charge is 2.36. The van der Waals surface area contributed by atoms with Crippen LogP contribution in [0.4, 0.5) is 11.5 Å². The molecule has 0 atom stereocenters. The van der Waals surface area contributed by atoms with Gasteiger partial charge in [-0.1, -0.05) is 12.1 Å². The van der Waals surface area contributed by atoms with Gasteiger partial charge in [0.05, 0.1) is 18.9 Å². The Morgan fingerprint density at radius 1 is 1.11 bits per heavy atom. The molecule has 1 saturated heterocycles. The summed E-state index contributed by atoms with van der Waals surface area (Å²) in [5.74, 6) is 1.07. The first kappa shape index (κ1) is 20.4. The van der Waals surface area contributed by atoms with Crippen molar-refractivity contribution in [2.24, 2.45) is 0 Å². The van der Waals surface area contributed by atoms with E-state index in [2.05, 4.69) is 4.98 Å². The number of hydrogen-bond donors (Lipinski definition) is 2. The van der Waals surface area contributed by atoms with Gasteiger partial charge in [0.2, 0.25) is 0 Å². The molecule has 0 unspecified atom stereocenters. The predicted molar refractivity (Wildman–Crippen MR) is 108 cm³/mol. The second-order valence-electron chi connectivity index (χ2n) is 6.63. The summed E-state index contributed by atoms with van der Waals surface area (Å²) < 4.78 is 34.0. The number of anilines is 2. The van der Waals surface area contributed by atoms with E-state index in [0.29, 0.717) is 37.7 Å². The number of benzene rings is 1. The summed E-state index contributed by atoms with van der Waals surface area (Å²) in [5, 5.41) is 9.02. The molecule has 1 aliphatic rings. The Labute approximate surface area is 165 Å². The standard InChI is InChI=1S/C19H26N4O4S/c20-19-14-17(8-9-21-19)23-12-11-22(28(23,25)26)10-2-1-3-13-27-18-6-4-16(15-24)5-7-18/h4-9,14,24H,1-3,10-13,15H2,(H2,20,21). The van der Waals surface area contributed by atoms with E-state index in [1.54, 1.807) is 12.1 Å². The number of aromatic nitrogens is 1. The van der Waals surface area contributed by atoms with Crippen molar-refractivity contribution in [1.29, 1.82) is 0 Å². The zero-order chi connectivity index (χ0) is 20.0. The topological polar surface area (TPSA) is 109 Å². The number of nitrogens with zero attached hydrogens (tertiary/aromatic N) is 3. The lowest BCUT2D eigenvalue weighted by Crippen LogP contribution is -2.33. The molecule has 0 spiro atoms. The van der Waals surface area contributed by atoms with E-state index in [1.165, 1.54) is 14.8 Å². The number of ether oxygens (including phenoxy) is 1. The fourth-order valence-corrected chi connectivity index (χ4v) is 4.75. The van der Waals surface area contributed by atoms with E-state index in [9.17, 15) is 8.42 Å². The van der Waals surface area contributed by atoms with E-state index < -0.39 is 10.2 Å². The van der Waals surface area contributed by atoms with Crippen LogP contribution in [0.25, 0.3) is 0 Å². The third-order valence-corrected chi connectivity index (χ3v) is 6.60. The zero-order valence-corrected chi connectivity index (χ0v) is 16.5. The zero-order valence-electron chi connectivity index (χ0n) is 15.7. The first-order valence-corrected chi connectivity index (χ1v) is 10.7. The Morgan fingerprint density at radius 3 is 2.61 bits per heavy atom. The molecular formula is C19H26N4O4S. The summed E-state index contributed by atoms with van der Waals surface area (Å²) in [5.41, 5.74) is 7.06. The smallest absolute Gasteiger partial charge is 0.304 e. The SMILES string of the molecule is Nc1cc(N2CCN(CCCCCOc3ccc(CO)cc3)S2(=O)=O)ccn1. The van der Waals surface area contributed by atoms with Crippen LogP contribution < -0.4 is 14.8 Å². The second-order valence-corrected chi connectivity index (χ2v) is 8.48. The third-order valence-electron chi connectivity index (χ3n) is 4.64. The number of unbranched alkanes of at least 4 members (excludes halogenated alkanes) is 2. The number of rotatable bonds is 9. The van der Waals surface area contributed by atoms with E-state index in [-0.39, 0.29) is 6.61 Å². The van der Waals surface area contributed by atoms with E-state index in [0.717, 1.165) is 30.6 Å². The van der Waals surface area contributed by atoms with Crippen LogP contribution in [0.2, 0.25) is 0 Å². The second kappa shape index (κ2) is 9.22. The molecule has 2 heterocycles. The molecule has 0 radical (unpaired) electrons. The van der Waals surface area contributed by atoms with Gasteiger partial charge < -0.3 is 15.6 Å². The largest absolute Gasteiger partial charge is 0.494 e. The van der Waals surface area contributed by atoms with Gasteiger partial charge in [0.15, 0.2) is 0 Å². The lowest BCUT2D eigenvalue weighted by molar-refractivity contribution is 0.280. The number of nitrogen functional groups attached to an aromatic ring is 1. The minimum Gasteiger partial charge on any atom is -0.494 e. The van der Waals surface area contributed by atoms with Crippen molar-refractivity contribution >= 4 is 21.7 Å². The summed E-state index contributed by atoms with van der Waals surface area (Å²) in [7, 11) is -3.51. The molecule has 28 heavy (non-hydrogen) atoms. The molecule has 2 aromatic rings. The van der Waals surface area contributed by atoms with Crippen molar-refractivity contribution < 1.29 is 18.3 Å². The van der Waals surface area contributed by atoms with Crippen LogP contribution in [0, 0.1) is 0 Å². The fourth-order valence-electron chi connectivity index (χ4n) is 3.10. The van der Waals surface area contributed by atoms with E-state index >= 15 is 0 Å². The molecule has 1 aromatic heterocycles. The van der Waals surface area contributed by atoms with E-state index in [4.69, 9.17) is 15.6 Å². The minimum atomic E-state index is -3.51. The summed E-state index contributed by atoms with van der Waals surface area (Å²) >= 11 is 0. The van der Waals surface area contributed by atoms with Crippen LogP contribution in [-0.4, -0.2) is 49.1 Å². The van der Waals surface area contributed by atoms with Crippen LogP contribution >= 0.6 is 0 Å². The quantitative estimate of drug-likeness (QED) is 0.615. The molecular weight excluding hydrogens is 380 g/mol. The van der Waals surface area contributed by atoms with Gasteiger partial charge in [-0.2, -0.15) is 12.7 Å². The van der Waals surface area contributed by atoms with Crippen molar-refractivity contribution in [3.63, 3.8) is 0 Å². The summed E-state index contributed by atoms with van der Waals surface area (Å²) in [4.78, 5) is 3.91. The van der Waals surface area contributed by atoms with Gasteiger partial charge in [-0.05, 0) is 43.0 Å². The highest BCUT2D eigenvalue weighted by molar-refractivity contribution is 7.90. The lowest BCUT2D eigenvalue weighted by atomic mass is 10.2. The number of pyridine rings is 1. The number of aliphatic hydroxyl groups is 1. The summed E-state index contributed by atoms with van der Waals surface area (Å²) in [6, 6.07) is 10.6. The predicted octanol–water partition coefficient (Wildman–Crippen LogP) is 1.77. The normalized spacial score (nSPS) is 16.4. The summed E-state index contributed by atoms with van der Waals surface area (Å²) in [6.45, 7) is 1.97. The van der Waals surface area contributed by atoms with Gasteiger partial charge in [-0.15, -0.1) is 0 Å². The molecule has 152 valence electrons. The average molecular weight is 407 g/mol. The number of nitrogens with two attached hydrogens (primary N) is 1. The highest BCUT2D eigenvalue weighted by Crippen LogP contribution is 2.26. The van der Waals surface area contributed by atoms with Gasteiger partial charge in [0, 0.05) is 31.9 Å². The minimum absolute atomic E-state index is 0.0195. The fraction of sp³-hybridized carbons (Fsp3) is 0.421. The van der Waals surface area contributed by atoms with Gasteiger partial charge in [-0.3, -0.25) is 4.31 Å². The molecule has 9 heteroatoms. The van der Waals surface area contributed by atoms with Crippen molar-refractivity contribution in [1.82, 2.24) is 9.29 Å². The third kappa shape index (κ3) is 4.92. The molecule has 8 nitrogen and oxygen atoms in total. The molecule has 1 aliphatic heterocycles. The van der Waals surface area contributed by atoms with Crippen molar-refractivity contribution in [3.8, 4) is 5.75 Å². The van der Waals surface area contributed by atoms with Crippen LogP contribution in [0.3, 0.4) is 0 Å². The molecule has 3 N–H and O–H groups in total. The Balaban J connectivity index is 1.40. The maximum absolute atomic E-state index is 12.7. The molecule has 0 aliphatic carbocycles. The molecule has 0 saturated carbocycles. The molecule has 3 rings (SSSR count). The van der Waals surface area contributed by atoms with Crippen LogP contribution in [0.15, 0.2) is 42.6 Å². The van der Waals surface area contributed by atoms with E-state index in [1.807, 2.05) is 24.3 Å². The van der Waals surface area contributed by atoms with Crippen molar-refractivity contribution in [3.05, 3.63) is 48.2 Å².